The largest absolute Gasteiger partial charge is 0.465 e. The van der Waals surface area contributed by atoms with E-state index >= 15 is 0 Å². The maximum Gasteiger partial charge on any atom is 0.327 e. The van der Waals surface area contributed by atoms with Gasteiger partial charge >= 0.3 is 17.9 Å². The Bertz CT molecular complexity index is 362. The molecule has 0 bridgehead atoms. The lowest BCUT2D eigenvalue weighted by Gasteiger charge is -2.33. The van der Waals surface area contributed by atoms with Crippen LogP contribution in [0, 0.1) is 10.8 Å². The van der Waals surface area contributed by atoms with Gasteiger partial charge in [-0.05, 0) is 25.7 Å². The third kappa shape index (κ3) is 6.14. The molecule has 0 aromatic carbocycles. The van der Waals surface area contributed by atoms with Crippen molar-refractivity contribution in [1.82, 2.24) is 0 Å². The molecule has 0 heterocycles. The Balaban J connectivity index is 5.62. The van der Waals surface area contributed by atoms with Gasteiger partial charge in [-0.1, -0.05) is 20.8 Å². The second-order valence-corrected chi connectivity index (χ2v) is 6.04. The van der Waals surface area contributed by atoms with Crippen molar-refractivity contribution < 1.29 is 28.6 Å². The lowest BCUT2D eigenvalue weighted by molar-refractivity contribution is -0.181. The van der Waals surface area contributed by atoms with Crippen molar-refractivity contribution in [1.29, 1.82) is 0 Å². The number of carbonyl (C=O) groups excluding carboxylic acids is 3. The molecule has 122 valence electrons. The molecule has 0 atom stereocenters. The topological polar surface area (TPSA) is 78.9 Å². The Labute approximate surface area is 126 Å². The first kappa shape index (κ1) is 19.4. The van der Waals surface area contributed by atoms with E-state index in [2.05, 4.69) is 0 Å². The van der Waals surface area contributed by atoms with Crippen LogP contribution in [0.3, 0.4) is 0 Å². The highest BCUT2D eigenvalue weighted by molar-refractivity contribution is 6.00. The lowest BCUT2D eigenvalue weighted by Crippen LogP contribution is -2.48. The zero-order valence-electron chi connectivity index (χ0n) is 13.8. The van der Waals surface area contributed by atoms with Gasteiger partial charge < -0.3 is 14.2 Å². The molecular weight excluding hydrogens is 276 g/mol. The minimum absolute atomic E-state index is 0.129. The van der Waals surface area contributed by atoms with Gasteiger partial charge in [-0.15, -0.1) is 0 Å². The summed E-state index contributed by atoms with van der Waals surface area (Å²) in [6, 6.07) is 0. The van der Waals surface area contributed by atoms with Gasteiger partial charge in [-0.3, -0.25) is 14.4 Å². The Kier molecular flexibility index (Phi) is 7.39. The summed E-state index contributed by atoms with van der Waals surface area (Å²) in [4.78, 5) is 35.8. The van der Waals surface area contributed by atoms with Crippen molar-refractivity contribution in [2.45, 2.75) is 48.0 Å². The van der Waals surface area contributed by atoms with Crippen LogP contribution >= 0.6 is 0 Å². The fourth-order valence-corrected chi connectivity index (χ4v) is 2.07. The first-order chi connectivity index (χ1) is 9.59. The average molecular weight is 302 g/mol. The van der Waals surface area contributed by atoms with Crippen LogP contribution < -0.4 is 0 Å². The normalized spacial score (nSPS) is 11.7. The van der Waals surface area contributed by atoms with Gasteiger partial charge in [-0.25, -0.2) is 0 Å². The van der Waals surface area contributed by atoms with E-state index in [1.165, 1.54) is 6.92 Å². The summed E-state index contributed by atoms with van der Waals surface area (Å²) in [5, 5.41) is 0. The van der Waals surface area contributed by atoms with Gasteiger partial charge in [0.25, 0.3) is 0 Å². The summed E-state index contributed by atoms with van der Waals surface area (Å²) >= 11 is 0. The van der Waals surface area contributed by atoms with E-state index in [9.17, 15) is 14.4 Å². The van der Waals surface area contributed by atoms with Crippen molar-refractivity contribution >= 4 is 17.9 Å². The van der Waals surface area contributed by atoms with Crippen molar-refractivity contribution in [2.24, 2.45) is 10.8 Å². The zero-order valence-corrected chi connectivity index (χ0v) is 13.8. The van der Waals surface area contributed by atoms with E-state index in [4.69, 9.17) is 14.2 Å². The van der Waals surface area contributed by atoms with E-state index < -0.39 is 23.3 Å². The van der Waals surface area contributed by atoms with Crippen LogP contribution in [0.4, 0.5) is 0 Å². The molecule has 0 aromatic heterocycles. The Morgan fingerprint density at radius 1 is 0.857 bits per heavy atom. The van der Waals surface area contributed by atoms with E-state index in [1.807, 2.05) is 20.8 Å². The highest BCUT2D eigenvalue weighted by Gasteiger charge is 2.52. The van der Waals surface area contributed by atoms with Crippen molar-refractivity contribution in [3.05, 3.63) is 0 Å². The van der Waals surface area contributed by atoms with Gasteiger partial charge in [0.2, 0.25) is 0 Å². The number of hydrogen-bond donors (Lipinski definition) is 0. The molecule has 0 spiro atoms. The van der Waals surface area contributed by atoms with E-state index in [0.29, 0.717) is 0 Å². The summed E-state index contributed by atoms with van der Waals surface area (Å²) in [6.07, 6.45) is 0.158. The summed E-state index contributed by atoms with van der Waals surface area (Å²) in [7, 11) is 0. The van der Waals surface area contributed by atoms with Crippen LogP contribution in [0.25, 0.3) is 0 Å². The van der Waals surface area contributed by atoms with Crippen LogP contribution in [-0.2, 0) is 28.6 Å². The Morgan fingerprint density at radius 2 is 1.29 bits per heavy atom. The SMILES string of the molecule is CCOC(=O)C(COC(C)=O)(CC(C)(C)C)C(=O)OCC. The maximum absolute atomic E-state index is 12.4. The third-order valence-corrected chi connectivity index (χ3v) is 2.69. The molecule has 0 amide bonds. The molecule has 0 saturated heterocycles. The molecule has 21 heavy (non-hydrogen) atoms. The molecule has 0 fully saturated rings. The molecule has 0 unspecified atom stereocenters. The molecule has 0 rings (SSSR count). The summed E-state index contributed by atoms with van der Waals surface area (Å²) in [5.41, 5.74) is -1.99. The predicted octanol–water partition coefficient (Wildman–Crippen LogP) is 2.10. The van der Waals surface area contributed by atoms with Crippen molar-refractivity contribution in [3.63, 3.8) is 0 Å². The molecule has 6 nitrogen and oxygen atoms in total. The quantitative estimate of drug-likeness (QED) is 0.407. The fraction of sp³-hybridized carbons (Fsp3) is 0.800. The number of ether oxygens (including phenoxy) is 3. The molecule has 0 saturated carbocycles. The molecule has 0 aromatic rings. The zero-order chi connectivity index (χ0) is 16.7. The van der Waals surface area contributed by atoms with Crippen molar-refractivity contribution in [2.75, 3.05) is 19.8 Å². The first-order valence-corrected chi connectivity index (χ1v) is 7.07. The minimum Gasteiger partial charge on any atom is -0.465 e. The summed E-state index contributed by atoms with van der Waals surface area (Å²) in [6.45, 7) is 10.0. The molecule has 0 aliphatic heterocycles. The second kappa shape index (κ2) is 8.00. The molecule has 0 N–H and O–H groups in total. The van der Waals surface area contributed by atoms with Gasteiger partial charge in [0.1, 0.15) is 6.61 Å². The molecule has 0 radical (unpaired) electrons. The van der Waals surface area contributed by atoms with Gasteiger partial charge in [0, 0.05) is 6.92 Å². The number of esters is 3. The van der Waals surface area contributed by atoms with Crippen LogP contribution in [0.2, 0.25) is 0 Å². The predicted molar refractivity (Wildman–Crippen MR) is 76.4 cm³/mol. The van der Waals surface area contributed by atoms with Crippen LogP contribution in [0.5, 0.6) is 0 Å². The standard InChI is InChI=1S/C15H26O6/c1-7-19-12(17)15(9-14(4,5)6,10-21-11(3)16)13(18)20-8-2/h7-10H2,1-6H3. The number of hydrogen-bond acceptors (Lipinski definition) is 6. The second-order valence-electron chi connectivity index (χ2n) is 6.04. The molecule has 6 heteroatoms. The monoisotopic (exact) mass is 302 g/mol. The fourth-order valence-electron chi connectivity index (χ4n) is 2.07. The Hall–Kier alpha value is -1.59. The molecule has 0 aliphatic rings. The minimum atomic E-state index is -1.63. The average Bonchev–Trinajstić information content (AvgIpc) is 2.33. The molecular formula is C15H26O6. The maximum atomic E-state index is 12.4. The number of carbonyl (C=O) groups is 3. The molecule has 0 aliphatic carbocycles. The van der Waals surface area contributed by atoms with E-state index in [0.717, 1.165) is 0 Å². The third-order valence-electron chi connectivity index (χ3n) is 2.69. The smallest absolute Gasteiger partial charge is 0.327 e. The van der Waals surface area contributed by atoms with Gasteiger partial charge in [-0.2, -0.15) is 0 Å². The van der Waals surface area contributed by atoms with E-state index in [1.54, 1.807) is 13.8 Å². The lowest BCUT2D eigenvalue weighted by atomic mass is 9.74. The van der Waals surface area contributed by atoms with E-state index in [-0.39, 0.29) is 31.7 Å². The number of rotatable bonds is 7. The Morgan fingerprint density at radius 3 is 1.57 bits per heavy atom. The van der Waals surface area contributed by atoms with Crippen LogP contribution in [0.15, 0.2) is 0 Å². The van der Waals surface area contributed by atoms with Crippen LogP contribution in [0.1, 0.15) is 48.0 Å². The van der Waals surface area contributed by atoms with Crippen LogP contribution in [-0.4, -0.2) is 37.7 Å². The highest BCUT2D eigenvalue weighted by Crippen LogP contribution is 2.37. The van der Waals surface area contributed by atoms with Gasteiger partial charge in [0.05, 0.1) is 13.2 Å². The summed E-state index contributed by atoms with van der Waals surface area (Å²) in [5.74, 6) is -2.01. The highest BCUT2D eigenvalue weighted by atomic mass is 16.6. The van der Waals surface area contributed by atoms with Gasteiger partial charge in [0.15, 0.2) is 5.41 Å². The van der Waals surface area contributed by atoms with Crippen molar-refractivity contribution in [3.8, 4) is 0 Å². The summed E-state index contributed by atoms with van der Waals surface area (Å²) < 4.78 is 15.0. The first-order valence-electron chi connectivity index (χ1n) is 7.07.